The minimum atomic E-state index is -2.92. The van der Waals surface area contributed by atoms with Crippen LogP contribution >= 0.6 is 0 Å². The minimum Gasteiger partial charge on any atom is -0.477 e. The van der Waals surface area contributed by atoms with E-state index >= 15 is 0 Å². The van der Waals surface area contributed by atoms with Gasteiger partial charge in [0.2, 0.25) is 5.95 Å². The fraction of sp³-hybridized carbons (Fsp3) is 0.167. The molecule has 9 nitrogen and oxygen atoms in total. The molecule has 0 fully saturated rings. The van der Waals surface area contributed by atoms with Crippen LogP contribution in [0.4, 0.5) is 14.7 Å². The van der Waals surface area contributed by atoms with E-state index in [4.69, 9.17) is 5.11 Å². The zero-order valence-electron chi connectivity index (χ0n) is 15.0. The van der Waals surface area contributed by atoms with Crippen LogP contribution in [0.5, 0.6) is 5.75 Å². The number of aromatic nitrogens is 4. The van der Waals surface area contributed by atoms with Crippen molar-refractivity contribution in [2.24, 2.45) is 0 Å². The van der Waals surface area contributed by atoms with Crippen molar-refractivity contribution in [3.63, 3.8) is 0 Å². The van der Waals surface area contributed by atoms with E-state index in [0.717, 1.165) is 4.68 Å². The summed E-state index contributed by atoms with van der Waals surface area (Å²) in [7, 11) is 0. The Hall–Kier alpha value is -3.89. The van der Waals surface area contributed by atoms with Gasteiger partial charge in [-0.2, -0.15) is 13.9 Å². The molecule has 0 aliphatic carbocycles. The van der Waals surface area contributed by atoms with Crippen molar-refractivity contribution < 1.29 is 28.2 Å². The summed E-state index contributed by atoms with van der Waals surface area (Å²) in [4.78, 5) is 31.8. The Morgan fingerprint density at radius 1 is 1.14 bits per heavy atom. The fourth-order valence-corrected chi connectivity index (χ4v) is 2.50. The highest BCUT2D eigenvalue weighted by Crippen LogP contribution is 2.22. The largest absolute Gasteiger partial charge is 0.477 e. The standard InChI is InChI=1S/C18H15F2N5O4/c1-10(25-14(16(27)28)7-9-22-25)15(26)24-18-21-8-6-13(23-18)11-2-4-12(5-3-11)29-17(19)20/h2-10,17H,1H3,(H,27,28)(H,21,23,24,26). The van der Waals surface area contributed by atoms with Crippen molar-refractivity contribution in [1.29, 1.82) is 0 Å². The molecule has 1 atom stereocenters. The Kier molecular flexibility index (Phi) is 5.77. The number of amides is 1. The first-order valence-corrected chi connectivity index (χ1v) is 8.31. The summed E-state index contributed by atoms with van der Waals surface area (Å²) in [6.45, 7) is -1.43. The number of carbonyl (C=O) groups excluding carboxylic acids is 1. The van der Waals surface area contributed by atoms with Gasteiger partial charge in [0, 0.05) is 18.0 Å². The highest BCUT2D eigenvalue weighted by atomic mass is 19.3. The fourth-order valence-electron chi connectivity index (χ4n) is 2.50. The van der Waals surface area contributed by atoms with E-state index in [9.17, 15) is 18.4 Å². The van der Waals surface area contributed by atoms with Crippen LogP contribution in [0.25, 0.3) is 11.3 Å². The number of aromatic carboxylic acids is 1. The molecule has 2 N–H and O–H groups in total. The van der Waals surface area contributed by atoms with Crippen molar-refractivity contribution >= 4 is 17.8 Å². The van der Waals surface area contributed by atoms with Crippen molar-refractivity contribution in [2.75, 3.05) is 5.32 Å². The summed E-state index contributed by atoms with van der Waals surface area (Å²) in [6, 6.07) is 7.76. The van der Waals surface area contributed by atoms with Gasteiger partial charge in [-0.1, -0.05) is 0 Å². The third-order valence-electron chi connectivity index (χ3n) is 3.90. The highest BCUT2D eigenvalue weighted by molar-refractivity contribution is 5.93. The maximum atomic E-state index is 12.4. The van der Waals surface area contributed by atoms with E-state index in [1.807, 2.05) is 0 Å². The first kappa shape index (κ1) is 19.9. The molecule has 29 heavy (non-hydrogen) atoms. The van der Waals surface area contributed by atoms with Crippen molar-refractivity contribution in [3.05, 3.63) is 54.5 Å². The summed E-state index contributed by atoms with van der Waals surface area (Å²) in [5, 5.41) is 15.5. The minimum absolute atomic E-state index is 0.00344. The number of benzene rings is 1. The lowest BCUT2D eigenvalue weighted by Crippen LogP contribution is -2.27. The Labute approximate surface area is 163 Å². The van der Waals surface area contributed by atoms with E-state index in [-0.39, 0.29) is 17.4 Å². The highest BCUT2D eigenvalue weighted by Gasteiger charge is 2.22. The number of halogens is 2. The van der Waals surface area contributed by atoms with Crippen molar-refractivity contribution in [1.82, 2.24) is 19.7 Å². The topological polar surface area (TPSA) is 119 Å². The molecule has 3 aromatic rings. The molecule has 2 heterocycles. The lowest BCUT2D eigenvalue weighted by Gasteiger charge is -2.14. The lowest BCUT2D eigenvalue weighted by molar-refractivity contribution is -0.119. The first-order chi connectivity index (χ1) is 13.8. The second-order valence-electron chi connectivity index (χ2n) is 5.80. The lowest BCUT2D eigenvalue weighted by atomic mass is 10.1. The number of hydrogen-bond donors (Lipinski definition) is 2. The molecule has 0 radical (unpaired) electrons. The average Bonchev–Trinajstić information content (AvgIpc) is 3.18. The molecule has 11 heteroatoms. The van der Waals surface area contributed by atoms with Crippen LogP contribution in [0.2, 0.25) is 0 Å². The first-order valence-electron chi connectivity index (χ1n) is 8.31. The van der Waals surface area contributed by atoms with Crippen LogP contribution in [0.3, 0.4) is 0 Å². The second-order valence-corrected chi connectivity index (χ2v) is 5.80. The van der Waals surface area contributed by atoms with Gasteiger partial charge in [-0.3, -0.25) is 10.1 Å². The average molecular weight is 403 g/mol. The number of rotatable bonds is 7. The Morgan fingerprint density at radius 2 is 1.86 bits per heavy atom. The van der Waals surface area contributed by atoms with Gasteiger partial charge in [-0.05, 0) is 43.3 Å². The molecule has 0 aliphatic heterocycles. The van der Waals surface area contributed by atoms with Gasteiger partial charge in [0.1, 0.15) is 17.5 Å². The van der Waals surface area contributed by atoms with Crippen molar-refractivity contribution in [3.8, 4) is 17.0 Å². The monoisotopic (exact) mass is 403 g/mol. The number of carbonyl (C=O) groups is 2. The van der Waals surface area contributed by atoms with E-state index in [0.29, 0.717) is 11.3 Å². The molecule has 3 rings (SSSR count). The zero-order chi connectivity index (χ0) is 21.0. The predicted octanol–water partition coefficient (Wildman–Crippen LogP) is 2.84. The molecule has 1 amide bonds. The van der Waals surface area contributed by atoms with Gasteiger partial charge in [-0.15, -0.1) is 0 Å². The molecule has 1 aromatic carbocycles. The van der Waals surface area contributed by atoms with Gasteiger partial charge >= 0.3 is 12.6 Å². The van der Waals surface area contributed by atoms with E-state index in [1.165, 1.54) is 49.6 Å². The van der Waals surface area contributed by atoms with Crippen LogP contribution in [0.1, 0.15) is 23.5 Å². The maximum absolute atomic E-state index is 12.4. The molecular formula is C18H15F2N5O4. The molecule has 0 saturated carbocycles. The number of carboxylic acids is 1. The number of alkyl halides is 2. The second kappa shape index (κ2) is 8.42. The van der Waals surface area contributed by atoms with Crippen LogP contribution in [-0.4, -0.2) is 43.3 Å². The number of nitrogens with one attached hydrogen (secondary N) is 1. The van der Waals surface area contributed by atoms with Crippen molar-refractivity contribution in [2.45, 2.75) is 19.6 Å². The van der Waals surface area contributed by atoms with Gasteiger partial charge in [-0.25, -0.2) is 19.4 Å². The zero-order valence-corrected chi connectivity index (χ0v) is 15.0. The summed E-state index contributed by atoms with van der Waals surface area (Å²) >= 11 is 0. The number of carboxylic acid groups (broad SMARTS) is 1. The predicted molar refractivity (Wildman–Crippen MR) is 96.6 cm³/mol. The molecule has 0 aliphatic rings. The van der Waals surface area contributed by atoms with Crippen LogP contribution in [0.15, 0.2) is 48.8 Å². The number of ether oxygens (including phenoxy) is 1. The molecular weight excluding hydrogens is 388 g/mol. The van der Waals surface area contributed by atoms with E-state index < -0.39 is 24.5 Å². The summed E-state index contributed by atoms with van der Waals surface area (Å²) < 4.78 is 29.8. The van der Waals surface area contributed by atoms with Gasteiger partial charge in [0.05, 0.1) is 5.69 Å². The Balaban J connectivity index is 1.75. The maximum Gasteiger partial charge on any atom is 0.387 e. The van der Waals surface area contributed by atoms with E-state index in [2.05, 4.69) is 25.1 Å². The molecule has 150 valence electrons. The third kappa shape index (κ3) is 4.69. The Morgan fingerprint density at radius 3 is 2.52 bits per heavy atom. The van der Waals surface area contributed by atoms with Crippen LogP contribution in [-0.2, 0) is 4.79 Å². The van der Waals surface area contributed by atoms with Crippen LogP contribution < -0.4 is 10.1 Å². The SMILES string of the molecule is CC(C(=O)Nc1nccc(-c2ccc(OC(F)F)cc2)n1)n1nccc1C(=O)O. The molecule has 0 bridgehead atoms. The quantitative estimate of drug-likeness (QED) is 0.622. The summed E-state index contributed by atoms with van der Waals surface area (Å²) in [6.07, 6.45) is 2.70. The third-order valence-corrected chi connectivity index (χ3v) is 3.90. The van der Waals surface area contributed by atoms with Crippen LogP contribution in [0, 0.1) is 0 Å². The normalized spacial score (nSPS) is 11.9. The molecule has 2 aromatic heterocycles. The van der Waals surface area contributed by atoms with E-state index in [1.54, 1.807) is 6.07 Å². The summed E-state index contributed by atoms with van der Waals surface area (Å²) in [5.41, 5.74) is 0.906. The summed E-state index contributed by atoms with van der Waals surface area (Å²) in [5.74, 6) is -1.77. The van der Waals surface area contributed by atoms with Gasteiger partial charge in [0.15, 0.2) is 0 Å². The number of anilines is 1. The smallest absolute Gasteiger partial charge is 0.387 e. The number of nitrogens with zero attached hydrogens (tertiary/aromatic N) is 4. The van der Waals surface area contributed by atoms with Gasteiger partial charge < -0.3 is 9.84 Å². The number of hydrogen-bond acceptors (Lipinski definition) is 6. The molecule has 0 saturated heterocycles. The molecule has 0 spiro atoms. The van der Waals surface area contributed by atoms with Gasteiger partial charge in [0.25, 0.3) is 5.91 Å². The molecule has 1 unspecified atom stereocenters. The Bertz CT molecular complexity index is 1020.